The smallest absolute Gasteiger partial charge is 0.257 e. The highest BCUT2D eigenvalue weighted by molar-refractivity contribution is 7.91. The van der Waals surface area contributed by atoms with Gasteiger partial charge >= 0.3 is 0 Å². The molecule has 1 amide bonds. The number of carbonyl (C=O) groups is 1. The molecular weight excluding hydrogens is 508 g/mol. The number of nitrogens with zero attached hydrogens (tertiary/aromatic N) is 1. The molecule has 192 valence electrons. The SMILES string of the molecule is CCS(=O)(=O)c1cccc(-c2ccccc2-n2c(C)cc(C(=O)Nc3ccc(S(C)(=O)=O)cc3)c2C)c1. The van der Waals surface area contributed by atoms with Crippen LogP contribution in [-0.2, 0) is 19.7 Å². The second-order valence-corrected chi connectivity index (χ2v) is 13.1. The van der Waals surface area contributed by atoms with Crippen LogP contribution in [0.4, 0.5) is 5.69 Å². The van der Waals surface area contributed by atoms with E-state index in [1.807, 2.05) is 48.7 Å². The van der Waals surface area contributed by atoms with Crippen molar-refractivity contribution in [3.63, 3.8) is 0 Å². The Kier molecular flexibility index (Phi) is 7.12. The van der Waals surface area contributed by atoms with Crippen molar-refractivity contribution in [1.82, 2.24) is 4.57 Å². The van der Waals surface area contributed by atoms with Gasteiger partial charge in [-0.25, -0.2) is 16.8 Å². The normalized spacial score (nSPS) is 11.9. The summed E-state index contributed by atoms with van der Waals surface area (Å²) in [5, 5.41) is 2.83. The number of hydrogen-bond acceptors (Lipinski definition) is 5. The Morgan fingerprint density at radius 3 is 2.16 bits per heavy atom. The zero-order valence-electron chi connectivity index (χ0n) is 21.0. The average molecular weight is 537 g/mol. The number of rotatable bonds is 7. The highest BCUT2D eigenvalue weighted by Gasteiger charge is 2.20. The molecule has 0 bridgehead atoms. The van der Waals surface area contributed by atoms with Crippen molar-refractivity contribution < 1.29 is 21.6 Å². The minimum Gasteiger partial charge on any atom is -0.322 e. The maximum Gasteiger partial charge on any atom is 0.257 e. The summed E-state index contributed by atoms with van der Waals surface area (Å²) in [5.74, 6) is -0.302. The van der Waals surface area contributed by atoms with Crippen molar-refractivity contribution in [3.05, 3.63) is 95.8 Å². The fourth-order valence-electron chi connectivity index (χ4n) is 4.28. The van der Waals surface area contributed by atoms with Gasteiger partial charge < -0.3 is 9.88 Å². The molecular formula is C28H28N2O5S2. The number of anilines is 1. The van der Waals surface area contributed by atoms with E-state index in [0.29, 0.717) is 16.9 Å². The van der Waals surface area contributed by atoms with Gasteiger partial charge in [-0.05, 0) is 67.9 Å². The van der Waals surface area contributed by atoms with Crippen molar-refractivity contribution in [2.45, 2.75) is 30.6 Å². The second kappa shape index (κ2) is 9.99. The Morgan fingerprint density at radius 1 is 0.838 bits per heavy atom. The number of benzene rings is 3. The molecule has 1 heterocycles. The fraction of sp³-hybridized carbons (Fsp3) is 0.179. The molecule has 1 N–H and O–H groups in total. The van der Waals surface area contributed by atoms with Gasteiger partial charge in [0.2, 0.25) is 0 Å². The minimum absolute atomic E-state index is 0.0172. The van der Waals surface area contributed by atoms with Gasteiger partial charge in [-0.15, -0.1) is 0 Å². The van der Waals surface area contributed by atoms with Crippen LogP contribution >= 0.6 is 0 Å². The molecule has 3 aromatic carbocycles. The standard InChI is InChI=1S/C28H28N2O5S2/c1-5-37(34,35)24-10-8-9-21(18-24)25-11-6-7-12-27(25)30-19(2)17-26(20(30)3)28(31)29-22-13-15-23(16-14-22)36(4,32)33/h6-18H,5H2,1-4H3,(H,29,31). The summed E-state index contributed by atoms with van der Waals surface area (Å²) in [7, 11) is -6.69. The van der Waals surface area contributed by atoms with E-state index in [4.69, 9.17) is 0 Å². The molecule has 0 aliphatic heterocycles. The first-order chi connectivity index (χ1) is 17.4. The number of carbonyl (C=O) groups excluding carboxylic acids is 1. The summed E-state index contributed by atoms with van der Waals surface area (Å²) in [4.78, 5) is 13.6. The fourth-order valence-corrected chi connectivity index (χ4v) is 5.84. The van der Waals surface area contributed by atoms with Crippen molar-refractivity contribution >= 4 is 31.3 Å². The number of para-hydroxylation sites is 1. The molecule has 1 aromatic heterocycles. The van der Waals surface area contributed by atoms with Gasteiger partial charge in [0.25, 0.3) is 5.91 Å². The van der Waals surface area contributed by atoms with Crippen LogP contribution in [0.25, 0.3) is 16.8 Å². The van der Waals surface area contributed by atoms with Crippen LogP contribution in [-0.4, -0.2) is 39.3 Å². The molecule has 7 nitrogen and oxygen atoms in total. The quantitative estimate of drug-likeness (QED) is 0.349. The molecule has 4 aromatic rings. The van der Waals surface area contributed by atoms with Crippen molar-refractivity contribution in [2.75, 3.05) is 17.3 Å². The summed E-state index contributed by atoms with van der Waals surface area (Å²) >= 11 is 0. The second-order valence-electron chi connectivity index (χ2n) is 8.82. The third-order valence-corrected chi connectivity index (χ3v) is 9.11. The van der Waals surface area contributed by atoms with Gasteiger partial charge in [-0.2, -0.15) is 0 Å². The van der Waals surface area contributed by atoms with E-state index < -0.39 is 19.7 Å². The molecule has 4 rings (SSSR count). The van der Waals surface area contributed by atoms with Gasteiger partial charge in [0.05, 0.1) is 26.8 Å². The number of amides is 1. The summed E-state index contributed by atoms with van der Waals surface area (Å²) in [6, 6.07) is 22.3. The third-order valence-electron chi connectivity index (χ3n) is 6.25. The van der Waals surface area contributed by atoms with Gasteiger partial charge in [-0.1, -0.05) is 37.3 Å². The van der Waals surface area contributed by atoms with E-state index in [-0.39, 0.29) is 21.5 Å². The van der Waals surface area contributed by atoms with E-state index in [2.05, 4.69) is 5.32 Å². The number of aromatic nitrogens is 1. The van der Waals surface area contributed by atoms with E-state index >= 15 is 0 Å². The Morgan fingerprint density at radius 2 is 1.51 bits per heavy atom. The number of hydrogen-bond donors (Lipinski definition) is 1. The maximum absolute atomic E-state index is 13.1. The molecule has 0 radical (unpaired) electrons. The average Bonchev–Trinajstić information content (AvgIpc) is 3.17. The van der Waals surface area contributed by atoms with Crippen LogP contribution in [0.5, 0.6) is 0 Å². The van der Waals surface area contributed by atoms with Gasteiger partial charge in [0, 0.05) is 28.9 Å². The largest absolute Gasteiger partial charge is 0.322 e. The van der Waals surface area contributed by atoms with Crippen LogP contribution in [0.2, 0.25) is 0 Å². The van der Waals surface area contributed by atoms with Crippen LogP contribution in [0.1, 0.15) is 28.7 Å². The van der Waals surface area contributed by atoms with Crippen molar-refractivity contribution in [1.29, 1.82) is 0 Å². The molecule has 0 atom stereocenters. The van der Waals surface area contributed by atoms with Gasteiger partial charge in [0.1, 0.15) is 0 Å². The summed E-state index contributed by atoms with van der Waals surface area (Å²) in [6.45, 7) is 5.37. The Bertz CT molecular complexity index is 1700. The van der Waals surface area contributed by atoms with Gasteiger partial charge in [0.15, 0.2) is 19.7 Å². The molecule has 37 heavy (non-hydrogen) atoms. The van der Waals surface area contributed by atoms with Gasteiger partial charge in [-0.3, -0.25) is 4.79 Å². The first-order valence-electron chi connectivity index (χ1n) is 11.7. The predicted molar refractivity (Wildman–Crippen MR) is 146 cm³/mol. The Hall–Kier alpha value is -3.69. The van der Waals surface area contributed by atoms with E-state index in [1.54, 1.807) is 43.3 Å². The summed E-state index contributed by atoms with van der Waals surface area (Å²) in [6.07, 6.45) is 1.13. The first-order valence-corrected chi connectivity index (χ1v) is 15.2. The van der Waals surface area contributed by atoms with Crippen LogP contribution in [0.15, 0.2) is 88.7 Å². The Balaban J connectivity index is 1.72. The zero-order chi connectivity index (χ0) is 27.0. The minimum atomic E-state index is -3.36. The molecule has 0 aliphatic rings. The van der Waals surface area contributed by atoms with Crippen LogP contribution in [0.3, 0.4) is 0 Å². The lowest BCUT2D eigenvalue weighted by Gasteiger charge is -2.16. The number of aryl methyl sites for hydroxylation is 1. The van der Waals surface area contributed by atoms with Crippen LogP contribution < -0.4 is 5.32 Å². The molecule has 0 spiro atoms. The van der Waals surface area contributed by atoms with Crippen molar-refractivity contribution in [2.24, 2.45) is 0 Å². The maximum atomic E-state index is 13.1. The first kappa shape index (κ1) is 26.4. The highest BCUT2D eigenvalue weighted by Crippen LogP contribution is 2.32. The third kappa shape index (κ3) is 5.38. The van der Waals surface area contributed by atoms with Crippen molar-refractivity contribution in [3.8, 4) is 16.8 Å². The topological polar surface area (TPSA) is 102 Å². The zero-order valence-corrected chi connectivity index (χ0v) is 22.7. The predicted octanol–water partition coefficient (Wildman–Crippen LogP) is 5.21. The van der Waals surface area contributed by atoms with E-state index in [9.17, 15) is 21.6 Å². The van der Waals surface area contributed by atoms with E-state index in [0.717, 1.165) is 28.8 Å². The number of sulfone groups is 2. The Labute approximate surface area is 217 Å². The lowest BCUT2D eigenvalue weighted by Crippen LogP contribution is -2.13. The van der Waals surface area contributed by atoms with E-state index in [1.165, 1.54) is 12.1 Å². The monoisotopic (exact) mass is 536 g/mol. The lowest BCUT2D eigenvalue weighted by atomic mass is 10.0. The molecule has 0 aliphatic carbocycles. The number of nitrogens with one attached hydrogen (secondary N) is 1. The summed E-state index contributed by atoms with van der Waals surface area (Å²) in [5.41, 5.74) is 4.92. The molecule has 0 saturated heterocycles. The summed E-state index contributed by atoms with van der Waals surface area (Å²) < 4.78 is 50.3. The van der Waals surface area contributed by atoms with Crippen LogP contribution in [0, 0.1) is 13.8 Å². The molecule has 0 saturated carbocycles. The lowest BCUT2D eigenvalue weighted by molar-refractivity contribution is 0.102. The molecule has 0 fully saturated rings. The highest BCUT2D eigenvalue weighted by atomic mass is 32.2. The molecule has 0 unspecified atom stereocenters. The molecule has 9 heteroatoms.